The van der Waals surface area contributed by atoms with Crippen LogP contribution in [-0.4, -0.2) is 12.3 Å². The van der Waals surface area contributed by atoms with E-state index in [0.717, 1.165) is 13.0 Å². The summed E-state index contributed by atoms with van der Waals surface area (Å²) in [5.74, 6) is 0. The third-order valence-electron chi connectivity index (χ3n) is 2.23. The van der Waals surface area contributed by atoms with Crippen LogP contribution in [0.3, 0.4) is 0 Å². The van der Waals surface area contributed by atoms with Crippen LogP contribution in [0, 0.1) is 6.92 Å². The zero-order valence-corrected chi connectivity index (χ0v) is 7.38. The van der Waals surface area contributed by atoms with Gasteiger partial charge in [-0.2, -0.15) is 0 Å². The molecule has 1 heterocycles. The summed E-state index contributed by atoms with van der Waals surface area (Å²) in [6, 6.07) is 8.59. The molecule has 0 amide bonds. The predicted molar refractivity (Wildman–Crippen MR) is 51.8 cm³/mol. The van der Waals surface area contributed by atoms with Gasteiger partial charge in [-0.1, -0.05) is 29.8 Å². The molecule has 12 heavy (non-hydrogen) atoms. The molecule has 0 spiro atoms. The number of aryl methyl sites for hydroxylation is 1. The summed E-state index contributed by atoms with van der Waals surface area (Å²) in [6.07, 6.45) is 2.38. The molecular formula is C11H13N. The van der Waals surface area contributed by atoms with E-state index >= 15 is 0 Å². The number of rotatable bonds is 1. The third-order valence-corrected chi connectivity index (χ3v) is 2.23. The third kappa shape index (κ3) is 1.40. The maximum atomic E-state index is 4.46. The molecular weight excluding hydrogens is 146 g/mol. The van der Waals surface area contributed by atoms with Crippen LogP contribution in [0.4, 0.5) is 0 Å². The molecule has 1 nitrogen and oxygen atoms in total. The molecule has 2 rings (SSSR count). The van der Waals surface area contributed by atoms with E-state index in [1.807, 2.05) is 0 Å². The summed E-state index contributed by atoms with van der Waals surface area (Å²) in [5, 5.41) is 0. The van der Waals surface area contributed by atoms with Crippen LogP contribution >= 0.6 is 0 Å². The highest BCUT2D eigenvalue weighted by Crippen LogP contribution is 2.13. The van der Waals surface area contributed by atoms with Crippen LogP contribution in [0.2, 0.25) is 0 Å². The van der Waals surface area contributed by atoms with Gasteiger partial charge in [0, 0.05) is 12.3 Å². The van der Waals surface area contributed by atoms with Gasteiger partial charge in [-0.05, 0) is 25.3 Å². The molecule has 0 N–H and O–H groups in total. The summed E-state index contributed by atoms with van der Waals surface area (Å²) in [6.45, 7) is 3.14. The highest BCUT2D eigenvalue weighted by molar-refractivity contribution is 6.01. The lowest BCUT2D eigenvalue weighted by atomic mass is 10.1. The number of nitrogens with zero attached hydrogens (tertiary/aromatic N) is 1. The second-order valence-electron chi connectivity index (χ2n) is 3.30. The second kappa shape index (κ2) is 3.10. The molecule has 0 saturated heterocycles. The maximum absolute atomic E-state index is 4.46. The van der Waals surface area contributed by atoms with Gasteiger partial charge in [-0.25, -0.2) is 0 Å². The van der Waals surface area contributed by atoms with Gasteiger partial charge in [0.15, 0.2) is 0 Å². The highest BCUT2D eigenvalue weighted by atomic mass is 14.8. The summed E-state index contributed by atoms with van der Waals surface area (Å²) < 4.78 is 0. The molecule has 1 heteroatoms. The average Bonchev–Trinajstić information content (AvgIpc) is 2.56. The lowest BCUT2D eigenvalue weighted by molar-refractivity contribution is 0.951. The van der Waals surface area contributed by atoms with E-state index in [1.165, 1.54) is 23.3 Å². The Morgan fingerprint density at radius 2 is 2.25 bits per heavy atom. The van der Waals surface area contributed by atoms with Crippen LogP contribution in [0.25, 0.3) is 0 Å². The molecule has 0 saturated carbocycles. The lowest BCUT2D eigenvalue weighted by Crippen LogP contribution is -1.95. The first kappa shape index (κ1) is 7.53. The van der Waals surface area contributed by atoms with Crippen molar-refractivity contribution in [3.8, 4) is 0 Å². The molecule has 1 aliphatic heterocycles. The van der Waals surface area contributed by atoms with Crippen LogP contribution in [0.15, 0.2) is 29.3 Å². The first-order valence-electron chi connectivity index (χ1n) is 4.46. The van der Waals surface area contributed by atoms with E-state index < -0.39 is 0 Å². The van der Waals surface area contributed by atoms with Gasteiger partial charge in [-0.15, -0.1) is 0 Å². The van der Waals surface area contributed by atoms with E-state index in [9.17, 15) is 0 Å². The predicted octanol–water partition coefficient (Wildman–Crippen LogP) is 2.58. The molecule has 0 unspecified atom stereocenters. The SMILES string of the molecule is Cc1cccc(C2=NCCC2)c1. The van der Waals surface area contributed by atoms with Gasteiger partial charge in [-0.3, -0.25) is 4.99 Å². The Labute approximate surface area is 73.1 Å². The number of aliphatic imine (C=N–C) groups is 1. The van der Waals surface area contributed by atoms with E-state index in [2.05, 4.69) is 36.2 Å². The van der Waals surface area contributed by atoms with Gasteiger partial charge in [0.2, 0.25) is 0 Å². The van der Waals surface area contributed by atoms with Crippen molar-refractivity contribution in [3.05, 3.63) is 35.4 Å². The Morgan fingerprint density at radius 1 is 1.33 bits per heavy atom. The summed E-state index contributed by atoms with van der Waals surface area (Å²) in [7, 11) is 0. The van der Waals surface area contributed by atoms with Crippen molar-refractivity contribution in [1.29, 1.82) is 0 Å². The van der Waals surface area contributed by atoms with Gasteiger partial charge in [0.25, 0.3) is 0 Å². The molecule has 0 atom stereocenters. The highest BCUT2D eigenvalue weighted by Gasteiger charge is 2.07. The Morgan fingerprint density at radius 3 is 2.92 bits per heavy atom. The average molecular weight is 159 g/mol. The largest absolute Gasteiger partial charge is 0.289 e. The van der Waals surface area contributed by atoms with E-state index in [0.29, 0.717) is 0 Å². The molecule has 0 aromatic heterocycles. The Hall–Kier alpha value is -1.11. The second-order valence-corrected chi connectivity index (χ2v) is 3.30. The van der Waals surface area contributed by atoms with Crippen molar-refractivity contribution < 1.29 is 0 Å². The molecule has 0 radical (unpaired) electrons. The fraction of sp³-hybridized carbons (Fsp3) is 0.364. The molecule has 0 fully saturated rings. The van der Waals surface area contributed by atoms with Gasteiger partial charge in [0.1, 0.15) is 0 Å². The minimum Gasteiger partial charge on any atom is -0.289 e. The van der Waals surface area contributed by atoms with Crippen molar-refractivity contribution in [2.24, 2.45) is 4.99 Å². The Bertz CT molecular complexity index is 313. The monoisotopic (exact) mass is 159 g/mol. The van der Waals surface area contributed by atoms with Crippen molar-refractivity contribution >= 4 is 5.71 Å². The van der Waals surface area contributed by atoms with E-state index in [1.54, 1.807) is 0 Å². The normalized spacial score (nSPS) is 16.2. The van der Waals surface area contributed by atoms with Crippen LogP contribution < -0.4 is 0 Å². The van der Waals surface area contributed by atoms with Crippen LogP contribution in [-0.2, 0) is 0 Å². The number of hydrogen-bond donors (Lipinski definition) is 0. The molecule has 0 bridgehead atoms. The molecule has 1 aromatic carbocycles. The molecule has 0 aliphatic carbocycles. The first-order valence-corrected chi connectivity index (χ1v) is 4.46. The minimum atomic E-state index is 1.02. The fourth-order valence-corrected chi connectivity index (χ4v) is 1.60. The molecule has 1 aliphatic rings. The van der Waals surface area contributed by atoms with E-state index in [4.69, 9.17) is 0 Å². The first-order chi connectivity index (χ1) is 5.86. The summed E-state index contributed by atoms with van der Waals surface area (Å²) >= 11 is 0. The Kier molecular flexibility index (Phi) is 1.94. The van der Waals surface area contributed by atoms with Crippen molar-refractivity contribution in [1.82, 2.24) is 0 Å². The molecule has 62 valence electrons. The standard InChI is InChI=1S/C11H13N/c1-9-4-2-5-10(8-9)11-6-3-7-12-11/h2,4-5,8H,3,6-7H2,1H3. The lowest BCUT2D eigenvalue weighted by Gasteiger charge is -2.00. The number of benzene rings is 1. The molecule has 1 aromatic rings. The summed E-state index contributed by atoms with van der Waals surface area (Å²) in [4.78, 5) is 4.46. The Balaban J connectivity index is 2.33. The topological polar surface area (TPSA) is 12.4 Å². The quantitative estimate of drug-likeness (QED) is 0.597. The van der Waals surface area contributed by atoms with Gasteiger partial charge >= 0.3 is 0 Å². The van der Waals surface area contributed by atoms with Crippen molar-refractivity contribution in [2.45, 2.75) is 19.8 Å². The van der Waals surface area contributed by atoms with Gasteiger partial charge < -0.3 is 0 Å². The van der Waals surface area contributed by atoms with Crippen LogP contribution in [0.5, 0.6) is 0 Å². The van der Waals surface area contributed by atoms with E-state index in [-0.39, 0.29) is 0 Å². The number of hydrogen-bond acceptors (Lipinski definition) is 1. The summed E-state index contributed by atoms with van der Waals surface area (Å²) in [5.41, 5.74) is 3.92. The minimum absolute atomic E-state index is 1.02. The van der Waals surface area contributed by atoms with Crippen molar-refractivity contribution in [3.63, 3.8) is 0 Å². The fourth-order valence-electron chi connectivity index (χ4n) is 1.60. The zero-order valence-electron chi connectivity index (χ0n) is 7.38. The maximum Gasteiger partial charge on any atom is 0.0421 e. The smallest absolute Gasteiger partial charge is 0.0421 e. The van der Waals surface area contributed by atoms with Crippen LogP contribution in [0.1, 0.15) is 24.0 Å². The zero-order chi connectivity index (χ0) is 8.39. The van der Waals surface area contributed by atoms with Crippen molar-refractivity contribution in [2.75, 3.05) is 6.54 Å². The van der Waals surface area contributed by atoms with Gasteiger partial charge in [0.05, 0.1) is 0 Å².